The summed E-state index contributed by atoms with van der Waals surface area (Å²) in [6.07, 6.45) is 1.77. The first-order valence-corrected chi connectivity index (χ1v) is 8.57. The van der Waals surface area contributed by atoms with Gasteiger partial charge in [-0.3, -0.25) is 9.52 Å². The van der Waals surface area contributed by atoms with E-state index >= 15 is 0 Å². The smallest absolute Gasteiger partial charge is 0.310 e. The number of hydrogen-bond acceptors (Lipinski definition) is 4. The van der Waals surface area contributed by atoms with Crippen LogP contribution in [0.4, 0.5) is 5.69 Å². The van der Waals surface area contributed by atoms with Gasteiger partial charge in [0.2, 0.25) is 10.0 Å². The van der Waals surface area contributed by atoms with E-state index in [0.29, 0.717) is 18.5 Å². The number of anilines is 1. The predicted molar refractivity (Wildman–Crippen MR) is 81.6 cm³/mol. The lowest BCUT2D eigenvalue weighted by atomic mass is 10.1. The molecule has 2 rings (SSSR count). The molecule has 1 saturated carbocycles. The minimum absolute atomic E-state index is 0.440. The van der Waals surface area contributed by atoms with E-state index in [-0.39, 0.29) is 0 Å². The van der Waals surface area contributed by atoms with Crippen LogP contribution in [-0.4, -0.2) is 26.7 Å². The fraction of sp³-hybridized carbons (Fsp3) is 0.533. The SMILES string of the molecule is COC(=O)C1CCCC1S(=O)(=O)Nc1c(C)cccc1C. The van der Waals surface area contributed by atoms with E-state index in [0.717, 1.165) is 17.5 Å². The van der Waals surface area contributed by atoms with Crippen LogP contribution in [0.5, 0.6) is 0 Å². The summed E-state index contributed by atoms with van der Waals surface area (Å²) in [5, 5.41) is -0.719. The van der Waals surface area contributed by atoms with Gasteiger partial charge in [-0.15, -0.1) is 0 Å². The van der Waals surface area contributed by atoms with Crippen LogP contribution >= 0.6 is 0 Å². The van der Waals surface area contributed by atoms with Gasteiger partial charge in [-0.25, -0.2) is 8.42 Å². The Labute approximate surface area is 125 Å². The van der Waals surface area contributed by atoms with Gasteiger partial charge < -0.3 is 4.74 Å². The number of benzene rings is 1. The molecule has 0 amide bonds. The maximum absolute atomic E-state index is 12.6. The lowest BCUT2D eigenvalue weighted by molar-refractivity contribution is -0.145. The number of sulfonamides is 1. The van der Waals surface area contributed by atoms with Gasteiger partial charge in [0.05, 0.1) is 24.0 Å². The van der Waals surface area contributed by atoms with E-state index in [1.54, 1.807) is 0 Å². The zero-order valence-electron chi connectivity index (χ0n) is 12.5. The summed E-state index contributed by atoms with van der Waals surface area (Å²) in [6.45, 7) is 3.72. The number of rotatable bonds is 4. The Balaban J connectivity index is 2.28. The Morgan fingerprint density at radius 1 is 1.24 bits per heavy atom. The zero-order chi connectivity index (χ0) is 15.6. The topological polar surface area (TPSA) is 72.5 Å². The molecule has 1 aromatic rings. The van der Waals surface area contributed by atoms with Crippen molar-refractivity contribution in [3.63, 3.8) is 0 Å². The van der Waals surface area contributed by atoms with E-state index in [1.807, 2.05) is 32.0 Å². The van der Waals surface area contributed by atoms with E-state index in [2.05, 4.69) is 4.72 Å². The molecule has 1 N–H and O–H groups in total. The molecule has 1 fully saturated rings. The number of hydrogen-bond donors (Lipinski definition) is 1. The van der Waals surface area contributed by atoms with Crippen LogP contribution in [0, 0.1) is 19.8 Å². The van der Waals surface area contributed by atoms with Crippen molar-refractivity contribution in [2.24, 2.45) is 5.92 Å². The maximum atomic E-state index is 12.6. The monoisotopic (exact) mass is 311 g/mol. The fourth-order valence-corrected chi connectivity index (χ4v) is 4.83. The number of carbonyl (C=O) groups is 1. The molecule has 21 heavy (non-hydrogen) atoms. The summed E-state index contributed by atoms with van der Waals surface area (Å²) in [5.74, 6) is -1.01. The van der Waals surface area contributed by atoms with Gasteiger partial charge in [0, 0.05) is 0 Å². The molecule has 2 unspecified atom stereocenters. The third kappa shape index (κ3) is 3.20. The fourth-order valence-electron chi connectivity index (χ4n) is 2.91. The van der Waals surface area contributed by atoms with Crippen molar-refractivity contribution < 1.29 is 17.9 Å². The summed E-state index contributed by atoms with van der Waals surface area (Å²) in [4.78, 5) is 11.7. The van der Waals surface area contributed by atoms with Gasteiger partial charge in [0.1, 0.15) is 0 Å². The second kappa shape index (κ2) is 6.05. The van der Waals surface area contributed by atoms with Crippen LogP contribution in [0.2, 0.25) is 0 Å². The second-order valence-electron chi connectivity index (χ2n) is 5.51. The average molecular weight is 311 g/mol. The molecule has 0 spiro atoms. The van der Waals surface area contributed by atoms with Crippen LogP contribution in [-0.2, 0) is 19.6 Å². The highest BCUT2D eigenvalue weighted by Crippen LogP contribution is 2.33. The first kappa shape index (κ1) is 15.8. The minimum atomic E-state index is -3.61. The molecule has 2 atom stereocenters. The highest BCUT2D eigenvalue weighted by atomic mass is 32.2. The van der Waals surface area contributed by atoms with E-state index < -0.39 is 27.2 Å². The van der Waals surface area contributed by atoms with Crippen molar-refractivity contribution in [2.45, 2.75) is 38.4 Å². The van der Waals surface area contributed by atoms with Gasteiger partial charge in [-0.2, -0.15) is 0 Å². The van der Waals surface area contributed by atoms with Crippen LogP contribution in [0.25, 0.3) is 0 Å². The van der Waals surface area contributed by atoms with Crippen molar-refractivity contribution in [3.05, 3.63) is 29.3 Å². The summed E-state index contributed by atoms with van der Waals surface area (Å²) in [5.41, 5.74) is 2.34. The molecular weight excluding hydrogens is 290 g/mol. The van der Waals surface area contributed by atoms with Crippen molar-refractivity contribution in [2.75, 3.05) is 11.8 Å². The number of para-hydroxylation sites is 1. The van der Waals surface area contributed by atoms with Crippen LogP contribution in [0.1, 0.15) is 30.4 Å². The number of esters is 1. The maximum Gasteiger partial charge on any atom is 0.310 e. The number of nitrogens with one attached hydrogen (secondary N) is 1. The summed E-state index contributed by atoms with van der Waals surface area (Å²) < 4.78 is 32.6. The Kier molecular flexibility index (Phi) is 4.56. The molecule has 6 heteroatoms. The van der Waals surface area contributed by atoms with Crippen LogP contribution in [0.3, 0.4) is 0 Å². The highest BCUT2D eigenvalue weighted by Gasteiger charge is 2.42. The third-order valence-electron chi connectivity index (χ3n) is 4.08. The van der Waals surface area contributed by atoms with Gasteiger partial charge >= 0.3 is 5.97 Å². The summed E-state index contributed by atoms with van der Waals surface area (Å²) >= 11 is 0. The quantitative estimate of drug-likeness (QED) is 0.867. The van der Waals surface area contributed by atoms with Crippen LogP contribution < -0.4 is 4.72 Å². The predicted octanol–water partition coefficient (Wildman–Crippen LogP) is 2.39. The summed E-state index contributed by atoms with van der Waals surface area (Å²) in [7, 11) is -2.32. The molecule has 0 aromatic heterocycles. The first-order chi connectivity index (χ1) is 9.86. The Bertz CT molecular complexity index is 619. The van der Waals surface area contributed by atoms with Gasteiger partial charge in [-0.05, 0) is 37.8 Å². The second-order valence-corrected chi connectivity index (χ2v) is 7.41. The van der Waals surface area contributed by atoms with E-state index in [1.165, 1.54) is 7.11 Å². The van der Waals surface area contributed by atoms with E-state index in [4.69, 9.17) is 4.74 Å². The van der Waals surface area contributed by atoms with Gasteiger partial charge in [0.25, 0.3) is 0 Å². The molecule has 0 aliphatic heterocycles. The van der Waals surface area contributed by atoms with Gasteiger partial charge in [-0.1, -0.05) is 24.6 Å². The average Bonchev–Trinajstić information content (AvgIpc) is 2.92. The van der Waals surface area contributed by atoms with E-state index in [9.17, 15) is 13.2 Å². The lowest BCUT2D eigenvalue weighted by Crippen LogP contribution is -2.35. The molecule has 0 saturated heterocycles. The van der Waals surface area contributed by atoms with Gasteiger partial charge in [0.15, 0.2) is 0 Å². The summed E-state index contributed by atoms with van der Waals surface area (Å²) in [6, 6.07) is 5.60. The number of aryl methyl sites for hydroxylation is 2. The molecule has 1 aliphatic rings. The molecule has 1 aliphatic carbocycles. The molecule has 116 valence electrons. The standard InChI is InChI=1S/C15H21NO4S/c1-10-6-4-7-11(2)14(10)16-21(18,19)13-9-5-8-12(13)15(17)20-3/h4,6-7,12-13,16H,5,8-9H2,1-3H3. The van der Waals surface area contributed by atoms with Crippen molar-refractivity contribution in [3.8, 4) is 0 Å². The van der Waals surface area contributed by atoms with Crippen LogP contribution in [0.15, 0.2) is 18.2 Å². The van der Waals surface area contributed by atoms with Crippen molar-refractivity contribution in [1.82, 2.24) is 0 Å². The number of carbonyl (C=O) groups excluding carboxylic acids is 1. The Morgan fingerprint density at radius 3 is 2.43 bits per heavy atom. The molecule has 0 heterocycles. The zero-order valence-corrected chi connectivity index (χ0v) is 13.4. The number of ether oxygens (including phenoxy) is 1. The Hall–Kier alpha value is -1.56. The molecule has 0 bridgehead atoms. The highest BCUT2D eigenvalue weighted by molar-refractivity contribution is 7.93. The van der Waals surface area contributed by atoms with Crippen molar-refractivity contribution in [1.29, 1.82) is 0 Å². The molecule has 0 radical (unpaired) electrons. The third-order valence-corrected chi connectivity index (χ3v) is 5.93. The largest absolute Gasteiger partial charge is 0.469 e. The first-order valence-electron chi connectivity index (χ1n) is 7.02. The normalized spacial score (nSPS) is 22.0. The minimum Gasteiger partial charge on any atom is -0.469 e. The molecule has 5 nitrogen and oxygen atoms in total. The Morgan fingerprint density at radius 2 is 1.86 bits per heavy atom. The molecular formula is C15H21NO4S. The molecule has 1 aromatic carbocycles. The van der Waals surface area contributed by atoms with Crippen molar-refractivity contribution >= 4 is 21.7 Å². The number of methoxy groups -OCH3 is 1. The lowest BCUT2D eigenvalue weighted by Gasteiger charge is -2.20.